The lowest BCUT2D eigenvalue weighted by Crippen LogP contribution is -2.50. The van der Waals surface area contributed by atoms with E-state index in [2.05, 4.69) is 16.5 Å². The molecule has 1 heterocycles. The zero-order valence-corrected chi connectivity index (χ0v) is 17.4. The van der Waals surface area contributed by atoms with Crippen LogP contribution in [-0.4, -0.2) is 35.6 Å². The Bertz CT molecular complexity index is 900. The van der Waals surface area contributed by atoms with E-state index in [1.807, 2.05) is 45.9 Å². The lowest BCUT2D eigenvalue weighted by molar-refractivity contribution is -0.143. The molecule has 154 valence electrons. The van der Waals surface area contributed by atoms with Crippen molar-refractivity contribution < 1.29 is 19.1 Å². The van der Waals surface area contributed by atoms with Gasteiger partial charge in [-0.3, -0.25) is 9.59 Å². The summed E-state index contributed by atoms with van der Waals surface area (Å²) in [5.74, 6) is -1.66. The standard InChI is InChI=1S/C21H26N4O4/c1-13(2)21(5,12-22)23-18(26)11-29-20(28)16-8-9-19(27)25(24-16)17-10-14(3)6-7-15(17)4/h6-7,10,13H,8-9,11H2,1-5H3,(H,23,26). The van der Waals surface area contributed by atoms with Crippen LogP contribution in [0.5, 0.6) is 0 Å². The Morgan fingerprint density at radius 3 is 2.66 bits per heavy atom. The van der Waals surface area contributed by atoms with E-state index in [1.54, 1.807) is 6.92 Å². The number of carbonyl (C=O) groups excluding carboxylic acids is 3. The summed E-state index contributed by atoms with van der Waals surface area (Å²) in [5, 5.41) is 17.2. The normalized spacial score (nSPS) is 16.0. The fourth-order valence-electron chi connectivity index (χ4n) is 2.68. The zero-order valence-electron chi connectivity index (χ0n) is 17.4. The van der Waals surface area contributed by atoms with Gasteiger partial charge in [-0.15, -0.1) is 0 Å². The van der Waals surface area contributed by atoms with Gasteiger partial charge in [0.25, 0.3) is 5.91 Å². The summed E-state index contributed by atoms with van der Waals surface area (Å²) in [6.07, 6.45) is 0.260. The van der Waals surface area contributed by atoms with E-state index < -0.39 is 24.0 Å². The van der Waals surface area contributed by atoms with E-state index in [-0.39, 0.29) is 30.4 Å². The van der Waals surface area contributed by atoms with Crippen molar-refractivity contribution in [3.05, 3.63) is 29.3 Å². The van der Waals surface area contributed by atoms with Crippen LogP contribution in [0.25, 0.3) is 0 Å². The highest BCUT2D eigenvalue weighted by Crippen LogP contribution is 2.25. The minimum Gasteiger partial charge on any atom is -0.451 e. The molecular formula is C21H26N4O4. The first-order valence-corrected chi connectivity index (χ1v) is 9.44. The molecule has 1 aliphatic heterocycles. The molecule has 1 atom stereocenters. The highest BCUT2D eigenvalue weighted by atomic mass is 16.5. The van der Waals surface area contributed by atoms with Gasteiger partial charge in [-0.25, -0.2) is 4.79 Å². The van der Waals surface area contributed by atoms with Gasteiger partial charge in [0.15, 0.2) is 6.61 Å². The van der Waals surface area contributed by atoms with Gasteiger partial charge in [0.1, 0.15) is 11.3 Å². The summed E-state index contributed by atoms with van der Waals surface area (Å²) >= 11 is 0. The van der Waals surface area contributed by atoms with Crippen LogP contribution in [0.3, 0.4) is 0 Å². The molecule has 0 fully saturated rings. The lowest BCUT2D eigenvalue weighted by Gasteiger charge is -2.27. The van der Waals surface area contributed by atoms with Crippen LogP contribution < -0.4 is 10.3 Å². The number of anilines is 1. The summed E-state index contributed by atoms with van der Waals surface area (Å²) in [6, 6.07) is 7.69. The van der Waals surface area contributed by atoms with E-state index >= 15 is 0 Å². The van der Waals surface area contributed by atoms with Crippen molar-refractivity contribution in [3.8, 4) is 6.07 Å². The smallest absolute Gasteiger partial charge is 0.355 e. The first-order valence-electron chi connectivity index (χ1n) is 9.44. The van der Waals surface area contributed by atoms with Crippen molar-refractivity contribution in [2.75, 3.05) is 11.6 Å². The van der Waals surface area contributed by atoms with Crippen LogP contribution in [0.15, 0.2) is 23.3 Å². The Morgan fingerprint density at radius 2 is 2.03 bits per heavy atom. The second-order valence-electron chi connectivity index (χ2n) is 7.64. The zero-order chi connectivity index (χ0) is 21.8. The summed E-state index contributed by atoms with van der Waals surface area (Å²) in [7, 11) is 0. The minimum absolute atomic E-state index is 0.0743. The van der Waals surface area contributed by atoms with Crippen molar-refractivity contribution in [2.45, 2.75) is 53.0 Å². The number of rotatable bonds is 6. The monoisotopic (exact) mass is 398 g/mol. The molecule has 0 radical (unpaired) electrons. The molecule has 0 saturated heterocycles. The molecular weight excluding hydrogens is 372 g/mol. The Labute approximate surface area is 170 Å². The van der Waals surface area contributed by atoms with Crippen LogP contribution >= 0.6 is 0 Å². The molecule has 2 rings (SSSR count). The molecule has 1 aromatic carbocycles. The number of amides is 2. The number of nitrogens with one attached hydrogen (secondary N) is 1. The van der Waals surface area contributed by atoms with Gasteiger partial charge in [-0.1, -0.05) is 26.0 Å². The molecule has 8 heteroatoms. The largest absolute Gasteiger partial charge is 0.451 e. The molecule has 0 bridgehead atoms. The fourth-order valence-corrected chi connectivity index (χ4v) is 2.68. The van der Waals surface area contributed by atoms with Gasteiger partial charge >= 0.3 is 5.97 Å². The maximum atomic E-state index is 12.4. The predicted molar refractivity (Wildman–Crippen MR) is 108 cm³/mol. The van der Waals surface area contributed by atoms with E-state index in [4.69, 9.17) is 4.74 Å². The van der Waals surface area contributed by atoms with Crippen molar-refractivity contribution in [3.63, 3.8) is 0 Å². The number of hydrazone groups is 1. The summed E-state index contributed by atoms with van der Waals surface area (Å²) in [5.41, 5.74) is 1.44. The number of hydrogen-bond donors (Lipinski definition) is 1. The maximum absolute atomic E-state index is 12.4. The summed E-state index contributed by atoms with van der Waals surface area (Å²) in [4.78, 5) is 36.8. The molecule has 1 unspecified atom stereocenters. The van der Waals surface area contributed by atoms with Gasteiger partial charge < -0.3 is 10.1 Å². The van der Waals surface area contributed by atoms with Gasteiger partial charge in [0.05, 0.1) is 11.8 Å². The Kier molecular flexibility index (Phi) is 6.75. The van der Waals surface area contributed by atoms with E-state index in [1.165, 1.54) is 5.01 Å². The number of aryl methyl sites for hydroxylation is 2. The van der Waals surface area contributed by atoms with Crippen LogP contribution in [0.2, 0.25) is 0 Å². The predicted octanol–water partition coefficient (Wildman–Crippen LogP) is 2.38. The Balaban J connectivity index is 2.09. The highest BCUT2D eigenvalue weighted by Gasteiger charge is 2.31. The van der Waals surface area contributed by atoms with Crippen LogP contribution in [0.4, 0.5) is 5.69 Å². The number of carbonyl (C=O) groups is 3. The van der Waals surface area contributed by atoms with E-state index in [0.717, 1.165) is 11.1 Å². The average molecular weight is 398 g/mol. The van der Waals surface area contributed by atoms with Crippen LogP contribution in [-0.2, 0) is 19.1 Å². The van der Waals surface area contributed by atoms with E-state index in [0.29, 0.717) is 5.69 Å². The summed E-state index contributed by atoms with van der Waals surface area (Å²) in [6.45, 7) is 8.46. The van der Waals surface area contributed by atoms with Gasteiger partial charge in [0.2, 0.25) is 5.91 Å². The van der Waals surface area contributed by atoms with Gasteiger partial charge in [-0.05, 0) is 43.9 Å². The average Bonchev–Trinajstić information content (AvgIpc) is 2.68. The van der Waals surface area contributed by atoms with Crippen molar-refractivity contribution in [1.29, 1.82) is 5.26 Å². The van der Waals surface area contributed by atoms with Crippen molar-refractivity contribution in [1.82, 2.24) is 5.32 Å². The molecule has 1 N–H and O–H groups in total. The highest BCUT2D eigenvalue weighted by molar-refractivity contribution is 6.38. The van der Waals surface area contributed by atoms with Crippen LogP contribution in [0.1, 0.15) is 44.7 Å². The quantitative estimate of drug-likeness (QED) is 0.740. The molecule has 0 saturated carbocycles. The molecule has 29 heavy (non-hydrogen) atoms. The number of esters is 1. The molecule has 2 amide bonds. The Hall–Kier alpha value is -3.21. The molecule has 0 spiro atoms. The lowest BCUT2D eigenvalue weighted by atomic mass is 9.90. The number of nitriles is 1. The maximum Gasteiger partial charge on any atom is 0.355 e. The topological polar surface area (TPSA) is 112 Å². The van der Waals surface area contributed by atoms with Crippen molar-refractivity contribution in [2.24, 2.45) is 11.0 Å². The third-order valence-corrected chi connectivity index (χ3v) is 4.98. The molecule has 0 aromatic heterocycles. The first-order chi connectivity index (χ1) is 13.6. The fraction of sp³-hybridized carbons (Fsp3) is 0.476. The van der Waals surface area contributed by atoms with Crippen molar-refractivity contribution >= 4 is 29.2 Å². The second kappa shape index (κ2) is 8.86. The molecule has 8 nitrogen and oxygen atoms in total. The van der Waals surface area contributed by atoms with Gasteiger partial charge in [0, 0.05) is 12.8 Å². The number of benzene rings is 1. The molecule has 0 aliphatic carbocycles. The summed E-state index contributed by atoms with van der Waals surface area (Å²) < 4.78 is 5.06. The third kappa shape index (κ3) is 5.19. The van der Waals surface area contributed by atoms with E-state index in [9.17, 15) is 19.6 Å². The first kappa shape index (κ1) is 22.1. The SMILES string of the molecule is Cc1ccc(C)c(N2N=C(C(=O)OCC(=O)NC(C)(C#N)C(C)C)CCC2=O)c1. The number of hydrogen-bond acceptors (Lipinski definition) is 6. The third-order valence-electron chi connectivity index (χ3n) is 4.98. The van der Waals surface area contributed by atoms with Gasteiger partial charge in [-0.2, -0.15) is 15.4 Å². The molecule has 1 aromatic rings. The Morgan fingerprint density at radius 1 is 1.34 bits per heavy atom. The number of nitrogens with zero attached hydrogens (tertiary/aromatic N) is 3. The second-order valence-corrected chi connectivity index (χ2v) is 7.64. The minimum atomic E-state index is -1.06. The molecule has 1 aliphatic rings. The van der Waals surface area contributed by atoms with Crippen LogP contribution in [0, 0.1) is 31.1 Å². The number of ether oxygens (including phenoxy) is 1.